The average molecular weight is 233 g/mol. The highest BCUT2D eigenvalue weighted by Crippen LogP contribution is 2.21. The molecule has 2 aromatic rings. The number of aromatic nitrogens is 3. The van der Waals surface area contributed by atoms with Gasteiger partial charge in [0.15, 0.2) is 5.82 Å². The predicted molar refractivity (Wildman–Crippen MR) is 60.0 cm³/mol. The van der Waals surface area contributed by atoms with Crippen LogP contribution in [-0.4, -0.2) is 34.3 Å². The third kappa shape index (κ3) is 2.41. The van der Waals surface area contributed by atoms with Gasteiger partial charge in [0, 0.05) is 5.56 Å². The summed E-state index contributed by atoms with van der Waals surface area (Å²) in [5.74, 6) is 0.607. The molecular weight excluding hydrogens is 222 g/mol. The van der Waals surface area contributed by atoms with Crippen LogP contribution in [-0.2, 0) is 0 Å². The van der Waals surface area contributed by atoms with E-state index in [9.17, 15) is 5.11 Å². The Morgan fingerprint density at radius 2 is 1.41 bits per heavy atom. The molecule has 88 valence electrons. The first-order valence-corrected chi connectivity index (χ1v) is 4.86. The van der Waals surface area contributed by atoms with E-state index in [1.165, 1.54) is 14.2 Å². The van der Waals surface area contributed by atoms with Crippen molar-refractivity contribution >= 4 is 0 Å². The summed E-state index contributed by atoms with van der Waals surface area (Å²) in [6.45, 7) is 0. The number of hydrogen-bond donors (Lipinski definition) is 1. The summed E-state index contributed by atoms with van der Waals surface area (Å²) in [6.07, 6.45) is 0. The van der Waals surface area contributed by atoms with Crippen molar-refractivity contribution in [2.75, 3.05) is 14.2 Å². The molecule has 0 aliphatic heterocycles. The Balaban J connectivity index is 2.46. The summed E-state index contributed by atoms with van der Waals surface area (Å²) >= 11 is 0. The van der Waals surface area contributed by atoms with Crippen LogP contribution in [0.3, 0.4) is 0 Å². The molecule has 6 nitrogen and oxygen atoms in total. The molecule has 0 atom stereocenters. The van der Waals surface area contributed by atoms with E-state index < -0.39 is 0 Å². The van der Waals surface area contributed by atoms with Gasteiger partial charge in [-0.1, -0.05) is 0 Å². The fourth-order valence-electron chi connectivity index (χ4n) is 1.26. The first-order chi connectivity index (χ1) is 8.22. The largest absolute Gasteiger partial charge is 0.508 e. The van der Waals surface area contributed by atoms with Crippen LogP contribution in [0.5, 0.6) is 17.8 Å². The van der Waals surface area contributed by atoms with Gasteiger partial charge in [-0.3, -0.25) is 0 Å². The highest BCUT2D eigenvalue weighted by molar-refractivity contribution is 5.56. The lowest BCUT2D eigenvalue weighted by atomic mass is 10.2. The maximum absolute atomic E-state index is 9.20. The summed E-state index contributed by atoms with van der Waals surface area (Å²) in [5, 5.41) is 9.20. The molecule has 0 spiro atoms. The summed E-state index contributed by atoms with van der Waals surface area (Å²) < 4.78 is 9.90. The SMILES string of the molecule is COc1nc(OC)nc(-c2ccc(O)cc2)n1. The van der Waals surface area contributed by atoms with Crippen molar-refractivity contribution in [2.24, 2.45) is 0 Å². The van der Waals surface area contributed by atoms with Gasteiger partial charge in [-0.15, -0.1) is 4.98 Å². The second-order valence-corrected chi connectivity index (χ2v) is 3.18. The van der Waals surface area contributed by atoms with Gasteiger partial charge < -0.3 is 14.6 Å². The minimum atomic E-state index is 0.180. The van der Waals surface area contributed by atoms with E-state index in [0.29, 0.717) is 5.82 Å². The normalized spacial score (nSPS) is 10.0. The molecular formula is C11H11N3O3. The molecule has 0 amide bonds. The molecule has 0 saturated heterocycles. The van der Waals surface area contributed by atoms with E-state index in [4.69, 9.17) is 9.47 Å². The highest BCUT2D eigenvalue weighted by atomic mass is 16.5. The quantitative estimate of drug-likeness (QED) is 0.859. The van der Waals surface area contributed by atoms with Gasteiger partial charge in [-0.05, 0) is 24.3 Å². The van der Waals surface area contributed by atoms with Gasteiger partial charge in [0.2, 0.25) is 0 Å². The summed E-state index contributed by atoms with van der Waals surface area (Å²) in [7, 11) is 2.94. The lowest BCUT2D eigenvalue weighted by Gasteiger charge is -2.05. The highest BCUT2D eigenvalue weighted by Gasteiger charge is 2.08. The van der Waals surface area contributed by atoms with Crippen molar-refractivity contribution in [1.29, 1.82) is 0 Å². The Morgan fingerprint density at radius 3 is 1.88 bits per heavy atom. The number of aromatic hydroxyl groups is 1. The standard InChI is InChI=1S/C11H11N3O3/c1-16-10-12-9(13-11(14-10)17-2)7-3-5-8(15)6-4-7/h3-6,15H,1-2H3. The molecule has 0 aliphatic carbocycles. The lowest BCUT2D eigenvalue weighted by molar-refractivity contribution is 0.341. The van der Waals surface area contributed by atoms with Gasteiger partial charge in [-0.25, -0.2) is 0 Å². The van der Waals surface area contributed by atoms with Crippen molar-refractivity contribution in [3.8, 4) is 29.2 Å². The van der Waals surface area contributed by atoms with Crippen molar-refractivity contribution in [2.45, 2.75) is 0 Å². The summed E-state index contributed by atoms with van der Waals surface area (Å²) in [5.41, 5.74) is 0.738. The molecule has 0 radical (unpaired) electrons. The molecule has 0 bridgehead atoms. The Bertz CT molecular complexity index is 492. The third-order valence-electron chi connectivity index (χ3n) is 2.09. The maximum Gasteiger partial charge on any atom is 0.322 e. The molecule has 0 saturated carbocycles. The van der Waals surface area contributed by atoms with Gasteiger partial charge in [0.1, 0.15) is 5.75 Å². The molecule has 0 aliphatic rings. The third-order valence-corrected chi connectivity index (χ3v) is 2.09. The van der Waals surface area contributed by atoms with E-state index >= 15 is 0 Å². The average Bonchev–Trinajstić information content (AvgIpc) is 2.39. The number of phenols is 1. The molecule has 1 aromatic heterocycles. The molecule has 0 unspecified atom stereocenters. The molecule has 1 aromatic carbocycles. The van der Waals surface area contributed by atoms with Crippen LogP contribution in [0.15, 0.2) is 24.3 Å². The maximum atomic E-state index is 9.20. The minimum Gasteiger partial charge on any atom is -0.508 e. The van der Waals surface area contributed by atoms with Gasteiger partial charge in [-0.2, -0.15) is 9.97 Å². The Kier molecular flexibility index (Phi) is 3.04. The molecule has 0 fully saturated rings. The van der Waals surface area contributed by atoms with E-state index in [1.807, 2.05) is 0 Å². The van der Waals surface area contributed by atoms with Crippen LogP contribution >= 0.6 is 0 Å². The van der Waals surface area contributed by atoms with Crippen molar-refractivity contribution < 1.29 is 14.6 Å². The molecule has 17 heavy (non-hydrogen) atoms. The monoisotopic (exact) mass is 233 g/mol. The number of nitrogens with zero attached hydrogens (tertiary/aromatic N) is 3. The van der Waals surface area contributed by atoms with Gasteiger partial charge in [0.05, 0.1) is 14.2 Å². The second-order valence-electron chi connectivity index (χ2n) is 3.18. The fraction of sp³-hybridized carbons (Fsp3) is 0.182. The molecule has 6 heteroatoms. The first-order valence-electron chi connectivity index (χ1n) is 4.86. The topological polar surface area (TPSA) is 77.4 Å². The summed E-state index contributed by atoms with van der Waals surface area (Å²) in [4.78, 5) is 12.1. The van der Waals surface area contributed by atoms with Gasteiger partial charge >= 0.3 is 12.0 Å². The van der Waals surface area contributed by atoms with Crippen molar-refractivity contribution in [1.82, 2.24) is 15.0 Å². The zero-order valence-electron chi connectivity index (χ0n) is 9.41. The smallest absolute Gasteiger partial charge is 0.322 e. The van der Waals surface area contributed by atoms with Crippen LogP contribution < -0.4 is 9.47 Å². The Morgan fingerprint density at radius 1 is 0.882 bits per heavy atom. The lowest BCUT2D eigenvalue weighted by Crippen LogP contribution is -2.00. The number of benzene rings is 1. The second kappa shape index (κ2) is 4.65. The number of hydrogen-bond acceptors (Lipinski definition) is 6. The predicted octanol–water partition coefficient (Wildman–Crippen LogP) is 1.26. The van der Waals surface area contributed by atoms with Crippen LogP contribution in [0, 0.1) is 0 Å². The number of phenolic OH excluding ortho intramolecular Hbond substituents is 1. The van der Waals surface area contributed by atoms with Crippen molar-refractivity contribution in [3.05, 3.63) is 24.3 Å². The van der Waals surface area contributed by atoms with Crippen LogP contribution in [0.2, 0.25) is 0 Å². The Hall–Kier alpha value is -2.37. The molecule has 1 N–H and O–H groups in total. The van der Waals surface area contributed by atoms with E-state index in [-0.39, 0.29) is 17.8 Å². The van der Waals surface area contributed by atoms with E-state index in [1.54, 1.807) is 24.3 Å². The fourth-order valence-corrected chi connectivity index (χ4v) is 1.26. The zero-order chi connectivity index (χ0) is 12.3. The number of rotatable bonds is 3. The molecule has 1 heterocycles. The van der Waals surface area contributed by atoms with E-state index in [2.05, 4.69) is 15.0 Å². The van der Waals surface area contributed by atoms with E-state index in [0.717, 1.165) is 5.56 Å². The van der Waals surface area contributed by atoms with Crippen LogP contribution in [0.25, 0.3) is 11.4 Å². The number of ether oxygens (including phenoxy) is 2. The van der Waals surface area contributed by atoms with Crippen molar-refractivity contribution in [3.63, 3.8) is 0 Å². The zero-order valence-corrected chi connectivity index (χ0v) is 9.41. The van der Waals surface area contributed by atoms with Crippen LogP contribution in [0.4, 0.5) is 0 Å². The molecule has 2 rings (SSSR count). The first kappa shape index (κ1) is 11.1. The number of methoxy groups -OCH3 is 2. The van der Waals surface area contributed by atoms with Crippen LogP contribution in [0.1, 0.15) is 0 Å². The summed E-state index contributed by atoms with van der Waals surface area (Å²) in [6, 6.07) is 6.86. The minimum absolute atomic E-state index is 0.180. The van der Waals surface area contributed by atoms with Gasteiger partial charge in [0.25, 0.3) is 0 Å². The Labute approximate surface area is 97.9 Å².